The Morgan fingerprint density at radius 1 is 0.828 bits per heavy atom. The quantitative estimate of drug-likeness (QED) is 0.722. The topological polar surface area (TPSA) is 60.9 Å². The Balaban J connectivity index is 1.49. The van der Waals surface area contributed by atoms with Crippen LogP contribution in [-0.2, 0) is 4.79 Å². The van der Waals surface area contributed by atoms with Crippen molar-refractivity contribution >= 4 is 22.6 Å². The van der Waals surface area contributed by atoms with E-state index in [0.717, 1.165) is 21.9 Å². The lowest BCUT2D eigenvalue weighted by atomic mass is 10.0. The second kappa shape index (κ2) is 8.45. The Morgan fingerprint density at radius 3 is 2.21 bits per heavy atom. The lowest BCUT2D eigenvalue weighted by Gasteiger charge is -2.39. The van der Waals surface area contributed by atoms with Gasteiger partial charge in [0.05, 0.1) is 6.42 Å². The number of hydrogen-bond acceptors (Lipinski definition) is 3. The second-order valence-electron chi connectivity index (χ2n) is 7.38. The number of carboxylic acids is 1. The van der Waals surface area contributed by atoms with Gasteiger partial charge in [-0.05, 0) is 22.4 Å². The summed E-state index contributed by atoms with van der Waals surface area (Å²) in [7, 11) is 0. The van der Waals surface area contributed by atoms with E-state index in [4.69, 9.17) is 0 Å². The molecule has 5 heteroatoms. The summed E-state index contributed by atoms with van der Waals surface area (Å²) in [5.74, 6) is -0.774. The molecule has 1 amide bonds. The van der Waals surface area contributed by atoms with Gasteiger partial charge in [0.15, 0.2) is 0 Å². The van der Waals surface area contributed by atoms with Gasteiger partial charge < -0.3 is 10.0 Å². The highest BCUT2D eigenvalue weighted by atomic mass is 16.4. The van der Waals surface area contributed by atoms with E-state index in [1.54, 1.807) is 0 Å². The smallest absolute Gasteiger partial charge is 0.305 e. The van der Waals surface area contributed by atoms with Crippen LogP contribution in [0.25, 0.3) is 10.8 Å². The van der Waals surface area contributed by atoms with Gasteiger partial charge in [0.2, 0.25) is 0 Å². The zero-order valence-electron chi connectivity index (χ0n) is 16.2. The number of fused-ring (bicyclic) bond motifs is 1. The number of rotatable bonds is 5. The summed E-state index contributed by atoms with van der Waals surface area (Å²) in [5, 5.41) is 11.4. The normalized spacial score (nSPS) is 15.9. The van der Waals surface area contributed by atoms with E-state index in [2.05, 4.69) is 4.90 Å². The third-order valence-electron chi connectivity index (χ3n) is 5.61. The fourth-order valence-corrected chi connectivity index (χ4v) is 4.12. The minimum atomic E-state index is -0.812. The molecule has 0 radical (unpaired) electrons. The summed E-state index contributed by atoms with van der Waals surface area (Å²) in [6, 6.07) is 23.3. The van der Waals surface area contributed by atoms with Crippen molar-refractivity contribution < 1.29 is 14.7 Å². The fraction of sp³-hybridized carbons (Fsp3) is 0.250. The van der Waals surface area contributed by atoms with Crippen molar-refractivity contribution in [2.45, 2.75) is 12.5 Å². The predicted octanol–water partition coefficient (Wildman–Crippen LogP) is 3.81. The van der Waals surface area contributed by atoms with Crippen LogP contribution in [0.3, 0.4) is 0 Å². The molecule has 1 unspecified atom stereocenters. The molecular weight excluding hydrogens is 364 g/mol. The van der Waals surface area contributed by atoms with Gasteiger partial charge in [0.1, 0.15) is 0 Å². The van der Waals surface area contributed by atoms with Crippen LogP contribution in [0.15, 0.2) is 72.8 Å². The molecule has 1 fully saturated rings. The molecule has 1 N–H and O–H groups in total. The molecule has 0 aromatic heterocycles. The van der Waals surface area contributed by atoms with E-state index < -0.39 is 5.97 Å². The standard InChI is InChI=1S/C24H24N2O3/c27-23(28)17-22(19-8-2-1-3-9-19)25-13-15-26(16-14-25)24(29)21-12-6-10-18-7-4-5-11-20(18)21/h1-12,22H,13-17H2,(H,27,28). The average Bonchev–Trinajstić information content (AvgIpc) is 2.77. The molecule has 29 heavy (non-hydrogen) atoms. The Hall–Kier alpha value is -3.18. The maximum absolute atomic E-state index is 13.2. The molecule has 3 aromatic carbocycles. The molecule has 1 saturated heterocycles. The molecule has 0 bridgehead atoms. The summed E-state index contributed by atoms with van der Waals surface area (Å²) in [5.41, 5.74) is 1.73. The number of carboxylic acid groups (broad SMARTS) is 1. The number of benzene rings is 3. The number of carbonyl (C=O) groups is 2. The molecule has 1 aliphatic rings. The highest BCUT2D eigenvalue weighted by Crippen LogP contribution is 2.27. The lowest BCUT2D eigenvalue weighted by Crippen LogP contribution is -2.50. The molecule has 0 aliphatic carbocycles. The molecule has 4 rings (SSSR count). The fourth-order valence-electron chi connectivity index (χ4n) is 4.12. The number of carbonyl (C=O) groups excluding carboxylic acids is 1. The molecule has 3 aromatic rings. The van der Waals surface area contributed by atoms with Crippen LogP contribution in [-0.4, -0.2) is 53.0 Å². The summed E-state index contributed by atoms with van der Waals surface area (Å²) in [6.07, 6.45) is 0.0568. The average molecular weight is 388 g/mol. The van der Waals surface area contributed by atoms with E-state index in [0.29, 0.717) is 26.2 Å². The van der Waals surface area contributed by atoms with Crippen LogP contribution in [0.2, 0.25) is 0 Å². The predicted molar refractivity (Wildman–Crippen MR) is 113 cm³/mol. The Morgan fingerprint density at radius 2 is 1.48 bits per heavy atom. The first kappa shape index (κ1) is 19.2. The number of hydrogen-bond donors (Lipinski definition) is 1. The highest BCUT2D eigenvalue weighted by Gasteiger charge is 2.29. The lowest BCUT2D eigenvalue weighted by molar-refractivity contribution is -0.138. The minimum absolute atomic E-state index is 0.0379. The highest BCUT2D eigenvalue weighted by molar-refractivity contribution is 6.07. The maximum atomic E-state index is 13.2. The SMILES string of the molecule is O=C(O)CC(c1ccccc1)N1CCN(C(=O)c2cccc3ccccc23)CC1. The first-order valence-corrected chi connectivity index (χ1v) is 9.91. The van der Waals surface area contributed by atoms with E-state index >= 15 is 0 Å². The molecule has 0 saturated carbocycles. The second-order valence-corrected chi connectivity index (χ2v) is 7.38. The van der Waals surface area contributed by atoms with Crippen molar-refractivity contribution in [3.8, 4) is 0 Å². The van der Waals surface area contributed by atoms with Crippen molar-refractivity contribution in [3.63, 3.8) is 0 Å². The van der Waals surface area contributed by atoms with Gasteiger partial charge in [-0.3, -0.25) is 14.5 Å². The molecule has 148 valence electrons. The van der Waals surface area contributed by atoms with Crippen molar-refractivity contribution in [2.24, 2.45) is 0 Å². The van der Waals surface area contributed by atoms with Crippen LogP contribution in [0, 0.1) is 0 Å². The van der Waals surface area contributed by atoms with Crippen molar-refractivity contribution in [1.82, 2.24) is 9.80 Å². The van der Waals surface area contributed by atoms with Crippen LogP contribution >= 0.6 is 0 Å². The van der Waals surface area contributed by atoms with Gasteiger partial charge >= 0.3 is 5.97 Å². The number of piperazine rings is 1. The van der Waals surface area contributed by atoms with Gasteiger partial charge in [0, 0.05) is 37.8 Å². The van der Waals surface area contributed by atoms with Crippen LogP contribution in [0.4, 0.5) is 0 Å². The van der Waals surface area contributed by atoms with Gasteiger partial charge in [-0.2, -0.15) is 0 Å². The Labute approximate surface area is 170 Å². The molecule has 1 atom stereocenters. The van der Waals surface area contributed by atoms with Gasteiger partial charge in [-0.15, -0.1) is 0 Å². The Bertz CT molecular complexity index is 1010. The number of nitrogens with zero attached hydrogens (tertiary/aromatic N) is 2. The van der Waals surface area contributed by atoms with Crippen LogP contribution < -0.4 is 0 Å². The zero-order chi connectivity index (χ0) is 20.2. The first-order chi connectivity index (χ1) is 14.1. The van der Waals surface area contributed by atoms with Gasteiger partial charge in [0.25, 0.3) is 5.91 Å². The number of aliphatic carboxylic acids is 1. The van der Waals surface area contributed by atoms with Crippen LogP contribution in [0.1, 0.15) is 28.4 Å². The molecular formula is C24H24N2O3. The molecule has 0 spiro atoms. The van der Waals surface area contributed by atoms with Crippen molar-refractivity contribution in [1.29, 1.82) is 0 Å². The minimum Gasteiger partial charge on any atom is -0.481 e. The van der Waals surface area contributed by atoms with Crippen molar-refractivity contribution in [2.75, 3.05) is 26.2 Å². The summed E-state index contributed by atoms with van der Waals surface area (Å²) < 4.78 is 0. The summed E-state index contributed by atoms with van der Waals surface area (Å²) in [4.78, 5) is 28.6. The monoisotopic (exact) mass is 388 g/mol. The van der Waals surface area contributed by atoms with Crippen LogP contribution in [0.5, 0.6) is 0 Å². The summed E-state index contributed by atoms with van der Waals surface area (Å²) >= 11 is 0. The third-order valence-corrected chi connectivity index (χ3v) is 5.61. The van der Waals surface area contributed by atoms with Crippen molar-refractivity contribution in [3.05, 3.63) is 83.9 Å². The van der Waals surface area contributed by atoms with Gasteiger partial charge in [-0.1, -0.05) is 66.7 Å². The largest absolute Gasteiger partial charge is 0.481 e. The zero-order valence-corrected chi connectivity index (χ0v) is 16.2. The third kappa shape index (κ3) is 4.15. The van der Waals surface area contributed by atoms with E-state index in [1.807, 2.05) is 77.7 Å². The number of amides is 1. The van der Waals surface area contributed by atoms with E-state index in [1.165, 1.54) is 0 Å². The van der Waals surface area contributed by atoms with E-state index in [9.17, 15) is 14.7 Å². The van der Waals surface area contributed by atoms with Gasteiger partial charge in [-0.25, -0.2) is 0 Å². The maximum Gasteiger partial charge on any atom is 0.305 e. The molecule has 1 heterocycles. The molecule has 5 nitrogen and oxygen atoms in total. The van der Waals surface area contributed by atoms with E-state index in [-0.39, 0.29) is 18.4 Å². The Kier molecular flexibility index (Phi) is 5.58. The molecule has 1 aliphatic heterocycles. The first-order valence-electron chi connectivity index (χ1n) is 9.91. The summed E-state index contributed by atoms with van der Waals surface area (Å²) in [6.45, 7) is 2.49.